The van der Waals surface area contributed by atoms with Gasteiger partial charge in [-0.3, -0.25) is 4.79 Å². The summed E-state index contributed by atoms with van der Waals surface area (Å²) in [6.45, 7) is 2.02. The van der Waals surface area contributed by atoms with Crippen LogP contribution in [0.4, 0.5) is 0 Å². The summed E-state index contributed by atoms with van der Waals surface area (Å²) in [7, 11) is 3.16. The summed E-state index contributed by atoms with van der Waals surface area (Å²) in [5.41, 5.74) is 6.32. The zero-order valence-corrected chi connectivity index (χ0v) is 13.9. The quantitative estimate of drug-likeness (QED) is 0.896. The molecule has 0 radical (unpaired) electrons. The summed E-state index contributed by atoms with van der Waals surface area (Å²) in [4.78, 5) is 13.7. The number of likely N-dealkylation sites (N-methyl/N-ethyl adjacent to an activating group) is 1. The summed E-state index contributed by atoms with van der Waals surface area (Å²) in [5.74, 6) is -0.177. The number of methoxy groups -OCH3 is 1. The minimum absolute atomic E-state index is 0. The molecule has 1 rings (SSSR count). The van der Waals surface area contributed by atoms with Gasteiger partial charge in [0.2, 0.25) is 0 Å². The third-order valence-electron chi connectivity index (χ3n) is 3.12. The summed E-state index contributed by atoms with van der Waals surface area (Å²) >= 11 is 12.0. The third-order valence-corrected chi connectivity index (χ3v) is 3.68. The van der Waals surface area contributed by atoms with Gasteiger partial charge in [-0.15, -0.1) is 12.4 Å². The van der Waals surface area contributed by atoms with Gasteiger partial charge in [0.25, 0.3) is 5.91 Å². The number of hydrogen-bond acceptors (Lipinski definition) is 3. The second-order valence-electron chi connectivity index (χ2n) is 4.25. The fourth-order valence-electron chi connectivity index (χ4n) is 1.76. The lowest BCUT2D eigenvalue weighted by atomic mass is 10.1. The number of amides is 1. The molecule has 114 valence electrons. The van der Waals surface area contributed by atoms with Gasteiger partial charge in [0.1, 0.15) is 6.10 Å². The van der Waals surface area contributed by atoms with Crippen LogP contribution in [0.2, 0.25) is 10.0 Å². The van der Waals surface area contributed by atoms with Crippen LogP contribution in [0.1, 0.15) is 18.5 Å². The average Bonchev–Trinajstić information content (AvgIpc) is 2.38. The largest absolute Gasteiger partial charge is 0.370 e. The first kappa shape index (κ1) is 19.5. The molecule has 2 atom stereocenters. The Morgan fingerprint density at radius 1 is 1.45 bits per heavy atom. The first-order valence-corrected chi connectivity index (χ1v) is 6.62. The Labute approximate surface area is 135 Å². The van der Waals surface area contributed by atoms with Crippen LogP contribution in [0, 0.1) is 0 Å². The summed E-state index contributed by atoms with van der Waals surface area (Å²) < 4.78 is 5.05. The summed E-state index contributed by atoms with van der Waals surface area (Å²) in [6.07, 6.45) is -0.640. The molecule has 1 amide bonds. The monoisotopic (exact) mass is 340 g/mol. The molecule has 2 unspecified atom stereocenters. The minimum atomic E-state index is -0.640. The van der Waals surface area contributed by atoms with Gasteiger partial charge >= 0.3 is 0 Å². The van der Waals surface area contributed by atoms with Crippen molar-refractivity contribution in [3.63, 3.8) is 0 Å². The van der Waals surface area contributed by atoms with Crippen LogP contribution >= 0.6 is 35.6 Å². The van der Waals surface area contributed by atoms with E-state index in [2.05, 4.69) is 0 Å². The van der Waals surface area contributed by atoms with Crippen molar-refractivity contribution in [2.75, 3.05) is 20.7 Å². The molecule has 0 aliphatic heterocycles. The zero-order valence-electron chi connectivity index (χ0n) is 11.6. The second kappa shape index (κ2) is 8.70. The van der Waals surface area contributed by atoms with E-state index in [1.165, 1.54) is 7.11 Å². The van der Waals surface area contributed by atoms with E-state index in [9.17, 15) is 4.79 Å². The van der Waals surface area contributed by atoms with Crippen LogP contribution < -0.4 is 5.73 Å². The molecule has 0 saturated heterocycles. The van der Waals surface area contributed by atoms with Crippen molar-refractivity contribution in [3.8, 4) is 0 Å². The highest BCUT2D eigenvalue weighted by Crippen LogP contribution is 2.29. The standard InChI is InChI=1S/C13H18Cl2N2O2.ClH/c1-8(10-5-4-9(14)6-11(10)15)17(2)13(18)12(7-16)19-3;/h4-6,8,12H,7,16H2,1-3H3;1H. The molecular weight excluding hydrogens is 323 g/mol. The molecule has 0 fully saturated rings. The molecule has 4 nitrogen and oxygen atoms in total. The van der Waals surface area contributed by atoms with E-state index in [0.717, 1.165) is 5.56 Å². The highest BCUT2D eigenvalue weighted by atomic mass is 35.5. The van der Waals surface area contributed by atoms with Gasteiger partial charge in [-0.25, -0.2) is 0 Å². The number of rotatable bonds is 5. The van der Waals surface area contributed by atoms with E-state index in [4.69, 9.17) is 33.7 Å². The van der Waals surface area contributed by atoms with Crippen molar-refractivity contribution in [2.45, 2.75) is 19.1 Å². The van der Waals surface area contributed by atoms with Crippen molar-refractivity contribution in [1.82, 2.24) is 4.90 Å². The lowest BCUT2D eigenvalue weighted by Gasteiger charge is -2.28. The van der Waals surface area contributed by atoms with Gasteiger partial charge < -0.3 is 15.4 Å². The molecule has 0 spiro atoms. The van der Waals surface area contributed by atoms with E-state index < -0.39 is 6.10 Å². The molecule has 1 aromatic rings. The normalized spacial score (nSPS) is 13.3. The van der Waals surface area contributed by atoms with Gasteiger partial charge in [-0.2, -0.15) is 0 Å². The fraction of sp³-hybridized carbons (Fsp3) is 0.462. The summed E-state index contributed by atoms with van der Waals surface area (Å²) in [5, 5.41) is 1.09. The molecule has 0 aromatic heterocycles. The Bertz CT molecular complexity index is 453. The molecule has 7 heteroatoms. The number of nitrogens with zero attached hydrogens (tertiary/aromatic N) is 1. The van der Waals surface area contributed by atoms with Gasteiger partial charge in [0.05, 0.1) is 6.04 Å². The highest BCUT2D eigenvalue weighted by molar-refractivity contribution is 6.35. The van der Waals surface area contributed by atoms with Crippen LogP contribution in [-0.4, -0.2) is 37.6 Å². The van der Waals surface area contributed by atoms with Crippen molar-refractivity contribution in [1.29, 1.82) is 0 Å². The van der Waals surface area contributed by atoms with Crippen LogP contribution in [0.15, 0.2) is 18.2 Å². The van der Waals surface area contributed by atoms with Crippen LogP contribution in [-0.2, 0) is 9.53 Å². The third kappa shape index (κ3) is 4.50. The number of nitrogens with two attached hydrogens (primary N) is 1. The molecule has 0 bridgehead atoms. The number of carbonyl (C=O) groups is 1. The van der Waals surface area contributed by atoms with Crippen molar-refractivity contribution in [2.24, 2.45) is 5.73 Å². The van der Waals surface area contributed by atoms with Crippen molar-refractivity contribution >= 4 is 41.5 Å². The van der Waals surface area contributed by atoms with Crippen LogP contribution in [0.25, 0.3) is 0 Å². The molecule has 0 heterocycles. The lowest BCUT2D eigenvalue weighted by Crippen LogP contribution is -2.42. The maximum Gasteiger partial charge on any atom is 0.253 e. The van der Waals surface area contributed by atoms with E-state index in [-0.39, 0.29) is 30.9 Å². The van der Waals surface area contributed by atoms with E-state index in [1.807, 2.05) is 13.0 Å². The molecule has 0 aliphatic carbocycles. The van der Waals surface area contributed by atoms with Gasteiger partial charge in [0, 0.05) is 30.7 Å². The molecule has 2 N–H and O–H groups in total. The van der Waals surface area contributed by atoms with Crippen LogP contribution in [0.3, 0.4) is 0 Å². The Morgan fingerprint density at radius 2 is 2.05 bits per heavy atom. The first-order chi connectivity index (χ1) is 8.92. The van der Waals surface area contributed by atoms with Gasteiger partial charge in [0.15, 0.2) is 0 Å². The maximum atomic E-state index is 12.2. The molecular formula is C13H19Cl3N2O2. The molecule has 20 heavy (non-hydrogen) atoms. The van der Waals surface area contributed by atoms with Gasteiger partial charge in [-0.05, 0) is 24.6 Å². The highest BCUT2D eigenvalue weighted by Gasteiger charge is 2.25. The molecule has 1 aromatic carbocycles. The second-order valence-corrected chi connectivity index (χ2v) is 5.09. The Hall–Kier alpha value is -0.520. The van der Waals surface area contributed by atoms with E-state index in [1.54, 1.807) is 24.1 Å². The summed E-state index contributed by atoms with van der Waals surface area (Å²) in [6, 6.07) is 5.02. The average molecular weight is 342 g/mol. The minimum Gasteiger partial charge on any atom is -0.370 e. The number of halogens is 3. The fourth-order valence-corrected chi connectivity index (χ4v) is 2.33. The van der Waals surface area contributed by atoms with E-state index in [0.29, 0.717) is 10.0 Å². The van der Waals surface area contributed by atoms with Crippen molar-refractivity contribution in [3.05, 3.63) is 33.8 Å². The number of carbonyl (C=O) groups excluding carboxylic acids is 1. The van der Waals surface area contributed by atoms with Crippen LogP contribution in [0.5, 0.6) is 0 Å². The number of benzene rings is 1. The smallest absolute Gasteiger partial charge is 0.253 e. The van der Waals surface area contributed by atoms with Gasteiger partial charge in [-0.1, -0.05) is 29.3 Å². The maximum absolute atomic E-state index is 12.2. The molecule has 0 saturated carbocycles. The Balaban J connectivity index is 0.00000361. The predicted octanol–water partition coefficient (Wildman–Crippen LogP) is 2.91. The Morgan fingerprint density at radius 3 is 2.50 bits per heavy atom. The number of ether oxygens (including phenoxy) is 1. The SMILES string of the molecule is COC(CN)C(=O)N(C)C(C)c1ccc(Cl)cc1Cl.Cl. The predicted molar refractivity (Wildman–Crippen MR) is 84.7 cm³/mol. The number of hydrogen-bond donors (Lipinski definition) is 1. The lowest BCUT2D eigenvalue weighted by molar-refractivity contribution is -0.142. The van der Waals surface area contributed by atoms with Crippen molar-refractivity contribution < 1.29 is 9.53 Å². The van der Waals surface area contributed by atoms with E-state index >= 15 is 0 Å². The zero-order chi connectivity index (χ0) is 14.6. The topological polar surface area (TPSA) is 55.6 Å². The molecule has 0 aliphatic rings. The Kier molecular flexibility index (Phi) is 8.47. The first-order valence-electron chi connectivity index (χ1n) is 5.86.